The summed E-state index contributed by atoms with van der Waals surface area (Å²) in [6.45, 7) is 0. The van der Waals surface area contributed by atoms with Gasteiger partial charge in [0.2, 0.25) is 0 Å². The number of hydrogen-bond acceptors (Lipinski definition) is 4. The summed E-state index contributed by atoms with van der Waals surface area (Å²) >= 11 is 3.20. The average molecular weight is 347 g/mol. The Morgan fingerprint density at radius 2 is 1.90 bits per heavy atom. The molecule has 2 rings (SSSR count). The molecule has 0 radical (unpaired) electrons. The number of nitrogens with one attached hydrogen (secondary N) is 2. The Morgan fingerprint density at radius 3 is 2.55 bits per heavy atom. The maximum atomic E-state index is 12.7. The maximum absolute atomic E-state index is 12.7. The first-order valence-corrected chi connectivity index (χ1v) is 6.26. The fourth-order valence-corrected chi connectivity index (χ4v) is 1.89. The third kappa shape index (κ3) is 3.40. The summed E-state index contributed by atoms with van der Waals surface area (Å²) in [4.78, 5) is 3.91. The Kier molecular flexibility index (Phi) is 4.15. The van der Waals surface area contributed by atoms with Crippen molar-refractivity contribution in [1.82, 2.24) is 4.98 Å². The molecule has 0 atom stereocenters. The maximum Gasteiger partial charge on any atom is 0.416 e. The highest BCUT2D eigenvalue weighted by molar-refractivity contribution is 9.10. The monoisotopic (exact) mass is 346 g/mol. The normalized spacial score (nSPS) is 11.2. The van der Waals surface area contributed by atoms with Crippen LogP contribution in [0, 0.1) is 0 Å². The number of alkyl halides is 3. The standard InChI is InChI=1S/C12H10BrF3N4/c13-9-2-1-7(12(14,15)16)5-10(9)19-8-3-4-18-11(6-8)20-17/h1-6H,17H2,(H2,18,19,20). The number of benzene rings is 1. The van der Waals surface area contributed by atoms with Gasteiger partial charge in [-0.1, -0.05) is 0 Å². The smallest absolute Gasteiger partial charge is 0.354 e. The van der Waals surface area contributed by atoms with Gasteiger partial charge in [-0.3, -0.25) is 0 Å². The number of nitrogens with two attached hydrogens (primary N) is 1. The second-order valence-electron chi connectivity index (χ2n) is 3.89. The molecule has 1 aromatic carbocycles. The second-order valence-corrected chi connectivity index (χ2v) is 4.75. The van der Waals surface area contributed by atoms with Crippen molar-refractivity contribution in [3.63, 3.8) is 0 Å². The van der Waals surface area contributed by atoms with Crippen LogP contribution in [0.5, 0.6) is 0 Å². The van der Waals surface area contributed by atoms with Crippen LogP contribution in [-0.2, 0) is 6.18 Å². The minimum absolute atomic E-state index is 0.300. The van der Waals surface area contributed by atoms with Gasteiger partial charge in [-0.25, -0.2) is 10.8 Å². The number of aromatic nitrogens is 1. The van der Waals surface area contributed by atoms with Gasteiger partial charge in [0.25, 0.3) is 0 Å². The molecule has 8 heteroatoms. The van der Waals surface area contributed by atoms with Gasteiger partial charge in [0, 0.05) is 22.4 Å². The molecule has 0 amide bonds. The van der Waals surface area contributed by atoms with Crippen LogP contribution in [0.15, 0.2) is 41.0 Å². The molecule has 0 aliphatic heterocycles. The van der Waals surface area contributed by atoms with E-state index in [0.29, 0.717) is 21.7 Å². The van der Waals surface area contributed by atoms with Crippen molar-refractivity contribution in [2.45, 2.75) is 6.18 Å². The van der Waals surface area contributed by atoms with Crippen LogP contribution in [0.3, 0.4) is 0 Å². The van der Waals surface area contributed by atoms with Crippen molar-refractivity contribution in [2.75, 3.05) is 10.7 Å². The van der Waals surface area contributed by atoms with E-state index in [1.165, 1.54) is 12.3 Å². The molecule has 0 saturated carbocycles. The summed E-state index contributed by atoms with van der Waals surface area (Å²) in [5, 5.41) is 2.88. The van der Waals surface area contributed by atoms with Crippen molar-refractivity contribution < 1.29 is 13.2 Å². The van der Waals surface area contributed by atoms with Crippen LogP contribution in [0.25, 0.3) is 0 Å². The first-order chi connectivity index (χ1) is 9.40. The zero-order chi connectivity index (χ0) is 14.8. The highest BCUT2D eigenvalue weighted by Crippen LogP contribution is 2.35. The third-order valence-corrected chi connectivity index (χ3v) is 3.17. The fourth-order valence-electron chi connectivity index (χ4n) is 1.54. The zero-order valence-corrected chi connectivity index (χ0v) is 11.6. The highest BCUT2D eigenvalue weighted by atomic mass is 79.9. The van der Waals surface area contributed by atoms with E-state index in [1.54, 1.807) is 12.1 Å². The molecule has 1 aromatic heterocycles. The van der Waals surface area contributed by atoms with E-state index in [-0.39, 0.29) is 0 Å². The molecule has 0 aliphatic rings. The molecule has 0 saturated heterocycles. The third-order valence-electron chi connectivity index (χ3n) is 2.48. The number of halogens is 4. The summed E-state index contributed by atoms with van der Waals surface area (Å²) in [5.41, 5.74) is 2.50. The molecular formula is C12H10BrF3N4. The minimum Gasteiger partial charge on any atom is -0.354 e. The van der Waals surface area contributed by atoms with Crippen LogP contribution in [0.2, 0.25) is 0 Å². The summed E-state index contributed by atoms with van der Waals surface area (Å²) in [6.07, 6.45) is -2.90. The van der Waals surface area contributed by atoms with Crippen LogP contribution in [-0.4, -0.2) is 4.98 Å². The van der Waals surface area contributed by atoms with Gasteiger partial charge in [-0.05, 0) is 40.2 Å². The highest BCUT2D eigenvalue weighted by Gasteiger charge is 2.30. The topological polar surface area (TPSA) is 63.0 Å². The van der Waals surface area contributed by atoms with Crippen LogP contribution in [0.1, 0.15) is 5.56 Å². The molecule has 0 fully saturated rings. The lowest BCUT2D eigenvalue weighted by atomic mass is 10.2. The van der Waals surface area contributed by atoms with Crippen LogP contribution < -0.4 is 16.6 Å². The quantitative estimate of drug-likeness (QED) is 0.582. The molecule has 0 spiro atoms. The van der Waals surface area contributed by atoms with Gasteiger partial charge in [-0.2, -0.15) is 13.2 Å². The summed E-state index contributed by atoms with van der Waals surface area (Å²) in [7, 11) is 0. The van der Waals surface area contributed by atoms with Gasteiger partial charge < -0.3 is 10.7 Å². The number of hydrogen-bond donors (Lipinski definition) is 3. The second kappa shape index (κ2) is 5.68. The predicted octanol–water partition coefficient (Wildman–Crippen LogP) is 3.89. The van der Waals surface area contributed by atoms with E-state index in [2.05, 4.69) is 31.7 Å². The molecule has 0 unspecified atom stereocenters. The Labute approximate surface area is 121 Å². The average Bonchev–Trinajstić information content (AvgIpc) is 2.40. The zero-order valence-electron chi connectivity index (χ0n) is 10.0. The number of rotatable bonds is 3. The van der Waals surface area contributed by atoms with Gasteiger partial charge in [0.15, 0.2) is 0 Å². The van der Waals surface area contributed by atoms with Gasteiger partial charge in [0.1, 0.15) is 5.82 Å². The molecule has 106 valence electrons. The van der Waals surface area contributed by atoms with Crippen molar-refractivity contribution in [3.8, 4) is 0 Å². The van der Waals surface area contributed by atoms with Gasteiger partial charge in [-0.15, -0.1) is 0 Å². The van der Waals surface area contributed by atoms with Crippen molar-refractivity contribution >= 4 is 33.1 Å². The summed E-state index contributed by atoms with van der Waals surface area (Å²) in [5.74, 6) is 5.63. The lowest BCUT2D eigenvalue weighted by Crippen LogP contribution is -2.08. The summed E-state index contributed by atoms with van der Waals surface area (Å²) < 4.78 is 38.6. The van der Waals surface area contributed by atoms with E-state index >= 15 is 0 Å². The first kappa shape index (κ1) is 14.6. The predicted molar refractivity (Wildman–Crippen MR) is 74.5 cm³/mol. The Balaban J connectivity index is 2.32. The number of hydrazine groups is 1. The van der Waals surface area contributed by atoms with Gasteiger partial charge >= 0.3 is 6.18 Å². The molecule has 1 heterocycles. The number of nitrogens with zero attached hydrogens (tertiary/aromatic N) is 1. The van der Waals surface area contributed by atoms with E-state index in [0.717, 1.165) is 12.1 Å². The lowest BCUT2D eigenvalue weighted by molar-refractivity contribution is -0.137. The SMILES string of the molecule is NNc1cc(Nc2cc(C(F)(F)F)ccc2Br)ccn1. The van der Waals surface area contributed by atoms with Crippen molar-refractivity contribution in [1.29, 1.82) is 0 Å². The number of anilines is 3. The molecule has 4 nitrogen and oxygen atoms in total. The van der Waals surface area contributed by atoms with Gasteiger partial charge in [0.05, 0.1) is 11.3 Å². The number of nitrogen functional groups attached to an aromatic ring is 1. The Bertz CT molecular complexity index is 616. The molecule has 0 aliphatic carbocycles. The van der Waals surface area contributed by atoms with E-state index in [4.69, 9.17) is 5.84 Å². The first-order valence-electron chi connectivity index (χ1n) is 5.46. The summed E-state index contributed by atoms with van der Waals surface area (Å²) in [6, 6.07) is 6.57. The molecule has 4 N–H and O–H groups in total. The van der Waals surface area contributed by atoms with Crippen molar-refractivity contribution in [2.24, 2.45) is 5.84 Å². The lowest BCUT2D eigenvalue weighted by Gasteiger charge is -2.13. The molecule has 2 aromatic rings. The fraction of sp³-hybridized carbons (Fsp3) is 0.0833. The van der Waals surface area contributed by atoms with Crippen LogP contribution in [0.4, 0.5) is 30.4 Å². The molecular weight excluding hydrogens is 337 g/mol. The van der Waals surface area contributed by atoms with E-state index < -0.39 is 11.7 Å². The molecule has 0 bridgehead atoms. The number of pyridine rings is 1. The van der Waals surface area contributed by atoms with Crippen LogP contribution >= 0.6 is 15.9 Å². The largest absolute Gasteiger partial charge is 0.416 e. The van der Waals surface area contributed by atoms with E-state index in [1.807, 2.05) is 0 Å². The Morgan fingerprint density at radius 1 is 1.15 bits per heavy atom. The van der Waals surface area contributed by atoms with E-state index in [9.17, 15) is 13.2 Å². The minimum atomic E-state index is -4.39. The van der Waals surface area contributed by atoms with Crippen molar-refractivity contribution in [3.05, 3.63) is 46.6 Å². The molecule has 20 heavy (non-hydrogen) atoms. The Hall–Kier alpha value is -1.80.